The van der Waals surface area contributed by atoms with Crippen LogP contribution in [0.25, 0.3) is 0 Å². The fourth-order valence-corrected chi connectivity index (χ4v) is 1.33. The first-order valence-corrected chi connectivity index (χ1v) is 5.31. The average Bonchev–Trinajstić information content (AvgIpc) is 2.20. The zero-order valence-electron chi connectivity index (χ0n) is 9.86. The predicted octanol–water partition coefficient (Wildman–Crippen LogP) is 1.01. The highest BCUT2D eigenvalue weighted by Crippen LogP contribution is 2.14. The minimum absolute atomic E-state index is 0.00757. The van der Waals surface area contributed by atoms with E-state index in [1.807, 2.05) is 0 Å². The average molecular weight is 254 g/mol. The van der Waals surface area contributed by atoms with Crippen LogP contribution in [-0.2, 0) is 9.59 Å². The van der Waals surface area contributed by atoms with Crippen molar-refractivity contribution in [3.63, 3.8) is 0 Å². The number of unbranched alkanes of at least 4 members (excludes halogenated alkanes) is 1. The van der Waals surface area contributed by atoms with Crippen molar-refractivity contribution in [2.45, 2.75) is 38.4 Å². The molecule has 4 nitrogen and oxygen atoms in total. The van der Waals surface area contributed by atoms with Crippen molar-refractivity contribution < 1.29 is 22.8 Å². The largest absolute Gasteiger partial charge is 0.471 e. The lowest BCUT2D eigenvalue weighted by Gasteiger charge is -2.12. The molecule has 0 aliphatic rings. The number of likely N-dealkylation sites (N-methyl/N-ethyl adjacent to an activating group) is 1. The van der Waals surface area contributed by atoms with Crippen LogP contribution in [-0.4, -0.2) is 37.5 Å². The summed E-state index contributed by atoms with van der Waals surface area (Å²) in [4.78, 5) is 21.4. The van der Waals surface area contributed by atoms with E-state index in [1.54, 1.807) is 12.4 Å². The van der Waals surface area contributed by atoms with E-state index < -0.39 is 12.1 Å². The van der Waals surface area contributed by atoms with Gasteiger partial charge in [0.05, 0.1) is 6.04 Å². The van der Waals surface area contributed by atoms with Crippen molar-refractivity contribution in [1.29, 1.82) is 0 Å². The van der Waals surface area contributed by atoms with Crippen LogP contribution in [0.3, 0.4) is 0 Å². The van der Waals surface area contributed by atoms with Gasteiger partial charge in [-0.3, -0.25) is 9.59 Å². The topological polar surface area (TPSA) is 58.2 Å². The molecular formula is C10H17F3N2O2. The second-order valence-electron chi connectivity index (χ2n) is 3.70. The molecule has 0 radical (unpaired) electrons. The molecule has 0 saturated carbocycles. The van der Waals surface area contributed by atoms with E-state index in [0.29, 0.717) is 19.3 Å². The molecule has 0 heterocycles. The van der Waals surface area contributed by atoms with Gasteiger partial charge in [0.1, 0.15) is 5.78 Å². The highest BCUT2D eigenvalue weighted by Gasteiger charge is 2.38. The molecule has 17 heavy (non-hydrogen) atoms. The quantitative estimate of drug-likeness (QED) is 0.667. The summed E-state index contributed by atoms with van der Waals surface area (Å²) in [7, 11) is 1.65. The van der Waals surface area contributed by atoms with Crippen LogP contribution < -0.4 is 10.6 Å². The first-order valence-electron chi connectivity index (χ1n) is 5.31. The molecule has 0 aromatic rings. The molecule has 0 fully saturated rings. The Hall–Kier alpha value is -1.11. The zero-order chi connectivity index (χ0) is 13.5. The van der Waals surface area contributed by atoms with Crippen molar-refractivity contribution in [2.75, 3.05) is 13.6 Å². The Labute approximate surface area is 97.9 Å². The van der Waals surface area contributed by atoms with Crippen molar-refractivity contribution in [1.82, 2.24) is 10.6 Å². The maximum absolute atomic E-state index is 11.8. The molecule has 100 valence electrons. The van der Waals surface area contributed by atoms with Gasteiger partial charge >= 0.3 is 12.1 Å². The molecule has 0 aromatic heterocycles. The highest BCUT2D eigenvalue weighted by atomic mass is 19.4. The summed E-state index contributed by atoms with van der Waals surface area (Å²) in [5.41, 5.74) is 0. The lowest BCUT2D eigenvalue weighted by molar-refractivity contribution is -0.173. The molecule has 0 aliphatic carbocycles. The van der Waals surface area contributed by atoms with Gasteiger partial charge in [0.2, 0.25) is 0 Å². The minimum atomic E-state index is -4.83. The fourth-order valence-electron chi connectivity index (χ4n) is 1.33. The number of hydrogen-bond acceptors (Lipinski definition) is 3. The number of nitrogens with one attached hydrogen (secondary N) is 2. The SMILES string of the molecule is CNC(CCCCNC(=O)C(F)(F)F)C(C)=O. The third kappa shape index (κ3) is 6.93. The molecule has 7 heteroatoms. The van der Waals surface area contributed by atoms with Crippen LogP contribution >= 0.6 is 0 Å². The number of halogens is 3. The van der Waals surface area contributed by atoms with Crippen LogP contribution in [0.5, 0.6) is 0 Å². The Morgan fingerprint density at radius 1 is 1.24 bits per heavy atom. The van der Waals surface area contributed by atoms with Gasteiger partial charge in [0, 0.05) is 6.54 Å². The van der Waals surface area contributed by atoms with Crippen LogP contribution in [0.2, 0.25) is 0 Å². The summed E-state index contributed by atoms with van der Waals surface area (Å²) < 4.78 is 35.3. The molecular weight excluding hydrogens is 237 g/mol. The smallest absolute Gasteiger partial charge is 0.348 e. The molecule has 0 aliphatic heterocycles. The van der Waals surface area contributed by atoms with Crippen molar-refractivity contribution in [2.24, 2.45) is 0 Å². The van der Waals surface area contributed by atoms with E-state index in [2.05, 4.69) is 5.32 Å². The Balaban J connectivity index is 3.66. The number of rotatable bonds is 7. The standard InChI is InChI=1S/C10H17F3N2O2/c1-7(16)8(14-2)5-3-4-6-15-9(17)10(11,12)13/h8,14H,3-6H2,1-2H3,(H,15,17). The van der Waals surface area contributed by atoms with Crippen LogP contribution in [0, 0.1) is 0 Å². The van der Waals surface area contributed by atoms with E-state index in [0.717, 1.165) is 0 Å². The van der Waals surface area contributed by atoms with Gasteiger partial charge in [-0.05, 0) is 33.2 Å². The Bertz CT molecular complexity index is 267. The van der Waals surface area contributed by atoms with Gasteiger partial charge in [-0.2, -0.15) is 13.2 Å². The molecule has 0 aromatic carbocycles. The highest BCUT2D eigenvalue weighted by molar-refractivity contribution is 5.81. The number of amides is 1. The van der Waals surface area contributed by atoms with Gasteiger partial charge in [0.25, 0.3) is 0 Å². The van der Waals surface area contributed by atoms with Crippen LogP contribution in [0.1, 0.15) is 26.2 Å². The van der Waals surface area contributed by atoms with Gasteiger partial charge < -0.3 is 10.6 Å². The summed E-state index contributed by atoms with van der Waals surface area (Å²) in [5, 5.41) is 4.58. The number of ketones is 1. The maximum atomic E-state index is 11.8. The van der Waals surface area contributed by atoms with Crippen LogP contribution in [0.4, 0.5) is 13.2 Å². The van der Waals surface area contributed by atoms with Crippen molar-refractivity contribution in [3.8, 4) is 0 Å². The molecule has 0 saturated heterocycles. The molecule has 0 spiro atoms. The van der Waals surface area contributed by atoms with Gasteiger partial charge in [-0.15, -0.1) is 0 Å². The summed E-state index contributed by atoms with van der Waals surface area (Å²) in [6.45, 7) is 1.42. The van der Waals surface area contributed by atoms with Gasteiger partial charge in [0.15, 0.2) is 0 Å². The van der Waals surface area contributed by atoms with Crippen molar-refractivity contribution >= 4 is 11.7 Å². The monoisotopic (exact) mass is 254 g/mol. The van der Waals surface area contributed by atoms with Crippen LogP contribution in [0.15, 0.2) is 0 Å². The van der Waals surface area contributed by atoms with Gasteiger partial charge in [-0.1, -0.05) is 0 Å². The Morgan fingerprint density at radius 2 is 1.82 bits per heavy atom. The first kappa shape index (κ1) is 15.9. The van der Waals surface area contributed by atoms with E-state index in [-0.39, 0.29) is 18.4 Å². The maximum Gasteiger partial charge on any atom is 0.471 e. The number of alkyl halides is 3. The summed E-state index contributed by atoms with van der Waals surface area (Å²) in [6.07, 6.45) is -3.29. The number of carbonyl (C=O) groups is 2. The van der Waals surface area contributed by atoms with E-state index in [1.165, 1.54) is 6.92 Å². The number of carbonyl (C=O) groups excluding carboxylic acids is 2. The predicted molar refractivity (Wildman–Crippen MR) is 56.4 cm³/mol. The molecule has 1 atom stereocenters. The van der Waals surface area contributed by atoms with E-state index >= 15 is 0 Å². The molecule has 1 unspecified atom stereocenters. The molecule has 1 amide bonds. The lowest BCUT2D eigenvalue weighted by atomic mass is 10.1. The zero-order valence-corrected chi connectivity index (χ0v) is 9.86. The third-order valence-electron chi connectivity index (χ3n) is 2.30. The molecule has 0 rings (SSSR count). The Kier molecular flexibility index (Phi) is 6.79. The molecule has 2 N–H and O–H groups in total. The second kappa shape index (κ2) is 7.26. The fraction of sp³-hybridized carbons (Fsp3) is 0.800. The second-order valence-corrected chi connectivity index (χ2v) is 3.70. The van der Waals surface area contributed by atoms with E-state index in [4.69, 9.17) is 0 Å². The third-order valence-corrected chi connectivity index (χ3v) is 2.30. The first-order chi connectivity index (χ1) is 7.79. The lowest BCUT2D eigenvalue weighted by Crippen LogP contribution is -2.37. The van der Waals surface area contributed by atoms with Gasteiger partial charge in [-0.25, -0.2) is 0 Å². The minimum Gasteiger partial charge on any atom is -0.348 e. The summed E-state index contributed by atoms with van der Waals surface area (Å²) >= 11 is 0. The summed E-state index contributed by atoms with van der Waals surface area (Å²) in [5.74, 6) is -1.93. The van der Waals surface area contributed by atoms with Crippen molar-refractivity contribution in [3.05, 3.63) is 0 Å². The molecule has 0 bridgehead atoms. The summed E-state index contributed by atoms with van der Waals surface area (Å²) in [6, 6.07) is -0.270. The van der Waals surface area contributed by atoms with E-state index in [9.17, 15) is 22.8 Å². The number of Topliss-reactive ketones (excluding diaryl/α,β-unsaturated/α-hetero) is 1. The number of hydrogen-bond donors (Lipinski definition) is 2. The normalized spacial score (nSPS) is 13.2. The Morgan fingerprint density at radius 3 is 2.24 bits per heavy atom.